The molecular weight excluding hydrogens is 430 g/mol. The summed E-state index contributed by atoms with van der Waals surface area (Å²) in [5.74, 6) is -3.14. The average molecular weight is 475 g/mol. The largest absolute Gasteiger partial charge is 1.00 e. The number of hydrogen-bond donors (Lipinski definition) is 0. The summed E-state index contributed by atoms with van der Waals surface area (Å²) in [7, 11) is 0. The van der Waals surface area contributed by atoms with Crippen LogP contribution in [0.25, 0.3) is 0 Å². The first-order valence-electron chi connectivity index (χ1n) is 12.2. The van der Waals surface area contributed by atoms with Gasteiger partial charge in [-0.15, -0.1) is 0 Å². The molecule has 178 valence electrons. The first-order chi connectivity index (χ1) is 14.5. The van der Waals surface area contributed by atoms with Gasteiger partial charge in [-0.1, -0.05) is 104 Å². The fourth-order valence-corrected chi connectivity index (χ4v) is 3.45. The van der Waals surface area contributed by atoms with Gasteiger partial charge in [-0.3, -0.25) is 0 Å². The summed E-state index contributed by atoms with van der Waals surface area (Å²) in [5, 5.41) is 22.7. The Morgan fingerprint density at radius 1 is 0.531 bits per heavy atom. The van der Waals surface area contributed by atoms with E-state index in [9.17, 15) is 19.8 Å². The molecule has 0 heterocycles. The van der Waals surface area contributed by atoms with Gasteiger partial charge in [-0.05, 0) is 12.8 Å². The van der Waals surface area contributed by atoms with Crippen LogP contribution in [0, 0.1) is 0 Å². The molecule has 0 fully saturated rings. The second-order valence-electron chi connectivity index (χ2n) is 8.17. The maximum absolute atomic E-state index is 11.4. The smallest absolute Gasteiger partial charge is 0.547 e. The molecule has 0 aliphatic carbocycles. The van der Waals surface area contributed by atoms with Crippen LogP contribution in [-0.2, 0) is 19.1 Å². The summed E-state index contributed by atoms with van der Waals surface area (Å²) in [5.41, 5.74) is 0. The summed E-state index contributed by atoms with van der Waals surface area (Å²) in [4.78, 5) is 22.7. The molecule has 0 unspecified atom stereocenters. The molecule has 0 spiro atoms. The first kappa shape index (κ1) is 37.4. The molecule has 0 saturated heterocycles. The van der Waals surface area contributed by atoms with Gasteiger partial charge in [-0.25, -0.2) is 0 Å². The molecule has 32 heavy (non-hydrogen) atoms. The summed E-state index contributed by atoms with van der Waals surface area (Å²) >= 11 is 0. The van der Waals surface area contributed by atoms with E-state index in [1.807, 2.05) is 0 Å². The van der Waals surface area contributed by atoms with Crippen molar-refractivity contribution >= 4 is 11.9 Å². The number of ether oxygens (including phenoxy) is 2. The van der Waals surface area contributed by atoms with Gasteiger partial charge in [0.25, 0.3) is 0 Å². The third-order valence-electron chi connectivity index (χ3n) is 5.33. The van der Waals surface area contributed by atoms with E-state index in [-0.39, 0.29) is 72.3 Å². The summed E-state index contributed by atoms with van der Waals surface area (Å²) in [6.45, 7) is 4.73. The maximum Gasteiger partial charge on any atom is 1.00 e. The van der Waals surface area contributed by atoms with Gasteiger partial charge in [-0.2, -0.15) is 0 Å². The Hall–Kier alpha value is 0.860. The van der Waals surface area contributed by atoms with Crippen molar-refractivity contribution in [2.45, 2.75) is 129 Å². The fraction of sp³-hybridized carbons (Fsp3) is 0.917. The van der Waals surface area contributed by atoms with Gasteiger partial charge < -0.3 is 29.3 Å². The number of unbranched alkanes of at least 4 members (excludes halogenated alkanes) is 14. The monoisotopic (exact) mass is 474 g/mol. The third kappa shape index (κ3) is 22.6. The van der Waals surface area contributed by atoms with Crippen molar-refractivity contribution in [1.82, 2.24) is 0 Å². The number of rotatable bonds is 23. The van der Waals surface area contributed by atoms with Crippen LogP contribution in [-0.4, -0.2) is 37.4 Å². The van der Waals surface area contributed by atoms with Crippen molar-refractivity contribution in [3.8, 4) is 0 Å². The summed E-state index contributed by atoms with van der Waals surface area (Å²) < 4.78 is 10.6. The molecule has 8 heteroatoms. The normalized spacial score (nSPS) is 12.4. The first-order valence-corrected chi connectivity index (χ1v) is 12.2. The van der Waals surface area contributed by atoms with E-state index in [1.54, 1.807) is 0 Å². The Kier molecular flexibility index (Phi) is 32.8. The van der Waals surface area contributed by atoms with E-state index >= 15 is 0 Å². The third-order valence-corrected chi connectivity index (χ3v) is 5.33. The Bertz CT molecular complexity index is 385. The van der Waals surface area contributed by atoms with Crippen LogP contribution in [0.5, 0.6) is 0 Å². The number of carboxylic acid groups (broad SMARTS) is 2. The van der Waals surface area contributed by atoms with E-state index < -0.39 is 24.1 Å². The van der Waals surface area contributed by atoms with Crippen LogP contribution in [0.3, 0.4) is 0 Å². The zero-order valence-corrected chi connectivity index (χ0v) is 25.3. The molecule has 0 radical (unpaired) electrons. The molecule has 0 aromatic heterocycles. The van der Waals surface area contributed by atoms with Crippen LogP contribution in [0.1, 0.15) is 117 Å². The maximum atomic E-state index is 11.4. The van der Waals surface area contributed by atoms with Gasteiger partial charge in [0.05, 0.1) is 11.9 Å². The van der Waals surface area contributed by atoms with Crippen LogP contribution < -0.4 is 69.3 Å². The Labute approximate surface area is 240 Å². The SMILES string of the molecule is CCCCCCCCCCO[C@H](C(=O)[O-])[C@H](OCCCCCCCCCC)C(=O)[O-].[Na+].[Na+]. The molecule has 0 rings (SSSR count). The molecular formula is C24H44Na2O6. The van der Waals surface area contributed by atoms with Crippen molar-refractivity contribution in [3.63, 3.8) is 0 Å². The van der Waals surface area contributed by atoms with Crippen molar-refractivity contribution in [2.24, 2.45) is 0 Å². The number of carbonyl (C=O) groups is 2. The second kappa shape index (κ2) is 28.1. The van der Waals surface area contributed by atoms with Crippen LogP contribution >= 0.6 is 0 Å². The van der Waals surface area contributed by atoms with E-state index in [1.165, 1.54) is 51.4 Å². The topological polar surface area (TPSA) is 98.7 Å². The Balaban J connectivity index is -0.00000420. The molecule has 2 atom stereocenters. The predicted molar refractivity (Wildman–Crippen MR) is 115 cm³/mol. The zero-order valence-electron chi connectivity index (χ0n) is 21.3. The standard InChI is InChI=1S/C24H46O6.2Na/c1-3-5-7-9-11-13-15-17-19-29-21(23(25)26)22(24(27)28)30-20-18-16-14-12-10-8-6-4-2;;/h21-22H,3-20H2,1-2H3,(H,25,26)(H,27,28);;/q;2*+1/p-2/t21-,22-;;/m0../s1. The zero-order chi connectivity index (χ0) is 22.5. The molecule has 0 N–H and O–H groups in total. The van der Waals surface area contributed by atoms with Gasteiger partial charge in [0, 0.05) is 13.2 Å². The number of carboxylic acids is 2. The van der Waals surface area contributed by atoms with Crippen molar-refractivity contribution in [1.29, 1.82) is 0 Å². The minimum Gasteiger partial charge on any atom is -0.547 e. The molecule has 0 saturated carbocycles. The van der Waals surface area contributed by atoms with Crippen LogP contribution in [0.2, 0.25) is 0 Å². The molecule has 0 bridgehead atoms. The van der Waals surface area contributed by atoms with E-state index in [0.29, 0.717) is 12.8 Å². The molecule has 0 amide bonds. The minimum atomic E-state index is -1.63. The molecule has 0 aromatic rings. The van der Waals surface area contributed by atoms with Gasteiger partial charge in [0.1, 0.15) is 12.2 Å². The Morgan fingerprint density at radius 2 is 0.781 bits per heavy atom. The average Bonchev–Trinajstić information content (AvgIpc) is 2.71. The van der Waals surface area contributed by atoms with Crippen LogP contribution in [0.15, 0.2) is 0 Å². The molecule has 0 aromatic carbocycles. The summed E-state index contributed by atoms with van der Waals surface area (Å²) in [6, 6.07) is 0. The van der Waals surface area contributed by atoms with Crippen LogP contribution in [0.4, 0.5) is 0 Å². The molecule has 0 aliphatic rings. The summed E-state index contributed by atoms with van der Waals surface area (Å²) in [6.07, 6.45) is 14.4. The van der Waals surface area contributed by atoms with E-state index in [0.717, 1.165) is 38.5 Å². The predicted octanol–water partition coefficient (Wildman–Crippen LogP) is -2.45. The van der Waals surface area contributed by atoms with E-state index in [2.05, 4.69) is 13.8 Å². The number of aliphatic carboxylic acids is 2. The van der Waals surface area contributed by atoms with Gasteiger partial charge in [0.2, 0.25) is 0 Å². The fourth-order valence-electron chi connectivity index (χ4n) is 3.45. The van der Waals surface area contributed by atoms with Gasteiger partial charge in [0.15, 0.2) is 0 Å². The van der Waals surface area contributed by atoms with Crippen molar-refractivity contribution in [2.75, 3.05) is 13.2 Å². The van der Waals surface area contributed by atoms with Crippen molar-refractivity contribution in [3.05, 3.63) is 0 Å². The minimum absolute atomic E-state index is 0. The quantitative estimate of drug-likeness (QED) is 0.120. The van der Waals surface area contributed by atoms with Gasteiger partial charge >= 0.3 is 59.1 Å². The van der Waals surface area contributed by atoms with Crippen molar-refractivity contribution < 1.29 is 88.4 Å². The Morgan fingerprint density at radius 3 is 1.03 bits per heavy atom. The molecule has 0 aliphatic heterocycles. The number of hydrogen-bond acceptors (Lipinski definition) is 6. The number of carbonyl (C=O) groups excluding carboxylic acids is 2. The van der Waals surface area contributed by atoms with E-state index in [4.69, 9.17) is 9.47 Å². The second-order valence-corrected chi connectivity index (χ2v) is 8.17. The molecule has 6 nitrogen and oxygen atoms in total.